The van der Waals surface area contributed by atoms with Gasteiger partial charge in [0, 0.05) is 17.6 Å². The third-order valence-electron chi connectivity index (χ3n) is 3.52. The molecule has 0 bridgehead atoms. The van der Waals surface area contributed by atoms with Gasteiger partial charge in [0.2, 0.25) is 0 Å². The van der Waals surface area contributed by atoms with Crippen LogP contribution in [0.2, 0.25) is 5.02 Å². The van der Waals surface area contributed by atoms with Crippen molar-refractivity contribution < 1.29 is 5.11 Å². The lowest BCUT2D eigenvalue weighted by atomic mass is 9.95. The fourth-order valence-electron chi connectivity index (χ4n) is 2.12. The van der Waals surface area contributed by atoms with Gasteiger partial charge in [-0.05, 0) is 37.1 Å². The van der Waals surface area contributed by atoms with Gasteiger partial charge >= 0.3 is 0 Å². The summed E-state index contributed by atoms with van der Waals surface area (Å²) < 4.78 is 0. The van der Waals surface area contributed by atoms with Gasteiger partial charge in [0.15, 0.2) is 0 Å². The molecule has 0 saturated heterocycles. The second-order valence-corrected chi connectivity index (χ2v) is 5.73. The molecule has 2 N–H and O–H groups in total. The highest BCUT2D eigenvalue weighted by atomic mass is 35.5. The van der Waals surface area contributed by atoms with E-state index in [0.29, 0.717) is 6.54 Å². The van der Waals surface area contributed by atoms with E-state index in [1.165, 1.54) is 0 Å². The average molecular weight is 290 g/mol. The van der Waals surface area contributed by atoms with Crippen LogP contribution in [0, 0.1) is 0 Å². The second kappa shape index (κ2) is 6.40. The molecule has 1 unspecified atom stereocenters. The largest absolute Gasteiger partial charge is 0.384 e. The predicted molar refractivity (Wildman–Crippen MR) is 83.9 cm³/mol. The van der Waals surface area contributed by atoms with Crippen molar-refractivity contribution >= 4 is 11.6 Å². The highest BCUT2D eigenvalue weighted by Crippen LogP contribution is 2.21. The fourth-order valence-corrected chi connectivity index (χ4v) is 2.25. The average Bonchev–Trinajstić information content (AvgIpc) is 2.46. The number of hydrogen-bond acceptors (Lipinski definition) is 2. The van der Waals surface area contributed by atoms with Crippen LogP contribution in [0.5, 0.6) is 0 Å². The Morgan fingerprint density at radius 1 is 1.10 bits per heavy atom. The molecule has 0 saturated carbocycles. The first-order valence-corrected chi connectivity index (χ1v) is 7.13. The Morgan fingerprint density at radius 3 is 2.30 bits per heavy atom. The first-order chi connectivity index (χ1) is 9.49. The van der Waals surface area contributed by atoms with Gasteiger partial charge in [-0.25, -0.2) is 0 Å². The number of hydrogen-bond donors (Lipinski definition) is 2. The van der Waals surface area contributed by atoms with E-state index < -0.39 is 5.60 Å². The number of nitrogens with one attached hydrogen (secondary N) is 1. The normalized spacial score (nSPS) is 15.6. The molecule has 3 heteroatoms. The molecule has 0 aliphatic rings. The molecule has 2 atom stereocenters. The third kappa shape index (κ3) is 3.83. The van der Waals surface area contributed by atoms with Crippen LogP contribution in [0.15, 0.2) is 54.6 Å². The highest BCUT2D eigenvalue weighted by Gasteiger charge is 2.23. The standard InChI is InChI=1S/C17H20ClNO/c1-13(14-8-10-16(18)11-9-14)19-12-17(2,20)15-6-4-3-5-7-15/h3-11,13,19-20H,12H2,1-2H3/t13-,17?/m1/s1. The van der Waals surface area contributed by atoms with Crippen molar-refractivity contribution in [2.75, 3.05) is 6.54 Å². The van der Waals surface area contributed by atoms with Crippen LogP contribution in [0.25, 0.3) is 0 Å². The van der Waals surface area contributed by atoms with E-state index in [2.05, 4.69) is 12.2 Å². The fraction of sp³-hybridized carbons (Fsp3) is 0.294. The SMILES string of the molecule is C[C@@H](NCC(C)(O)c1ccccc1)c1ccc(Cl)cc1. The van der Waals surface area contributed by atoms with Gasteiger partial charge in [-0.2, -0.15) is 0 Å². The molecule has 2 aromatic carbocycles. The molecular weight excluding hydrogens is 270 g/mol. The van der Waals surface area contributed by atoms with Crippen molar-refractivity contribution in [1.29, 1.82) is 0 Å². The first-order valence-electron chi connectivity index (χ1n) is 6.76. The minimum absolute atomic E-state index is 0.155. The monoisotopic (exact) mass is 289 g/mol. The molecule has 0 spiro atoms. The van der Waals surface area contributed by atoms with Crippen LogP contribution < -0.4 is 5.32 Å². The maximum atomic E-state index is 10.5. The summed E-state index contributed by atoms with van der Waals surface area (Å²) in [5.41, 5.74) is 1.18. The highest BCUT2D eigenvalue weighted by molar-refractivity contribution is 6.30. The molecule has 0 heterocycles. The second-order valence-electron chi connectivity index (χ2n) is 5.29. The molecule has 0 radical (unpaired) electrons. The summed E-state index contributed by atoms with van der Waals surface area (Å²) in [4.78, 5) is 0. The number of aliphatic hydroxyl groups is 1. The zero-order valence-corrected chi connectivity index (χ0v) is 12.6. The summed E-state index contributed by atoms with van der Waals surface area (Å²) in [5, 5.41) is 14.6. The summed E-state index contributed by atoms with van der Waals surface area (Å²) in [5.74, 6) is 0. The zero-order valence-electron chi connectivity index (χ0n) is 11.8. The van der Waals surface area contributed by atoms with Crippen LogP contribution in [0.1, 0.15) is 31.0 Å². The van der Waals surface area contributed by atoms with E-state index in [4.69, 9.17) is 11.6 Å². The van der Waals surface area contributed by atoms with Crippen LogP contribution in [-0.4, -0.2) is 11.7 Å². The van der Waals surface area contributed by atoms with E-state index in [-0.39, 0.29) is 6.04 Å². The van der Waals surface area contributed by atoms with Gasteiger partial charge in [-0.1, -0.05) is 54.1 Å². The summed E-state index contributed by atoms with van der Waals surface area (Å²) in [6.07, 6.45) is 0. The molecular formula is C17H20ClNO. The van der Waals surface area contributed by atoms with Crippen LogP contribution in [-0.2, 0) is 5.60 Å². The van der Waals surface area contributed by atoms with E-state index in [1.54, 1.807) is 0 Å². The van der Waals surface area contributed by atoms with E-state index >= 15 is 0 Å². The molecule has 2 nitrogen and oxygen atoms in total. The molecule has 20 heavy (non-hydrogen) atoms. The van der Waals surface area contributed by atoms with E-state index in [1.807, 2.05) is 61.5 Å². The molecule has 106 valence electrons. The maximum Gasteiger partial charge on any atom is 0.0992 e. The third-order valence-corrected chi connectivity index (χ3v) is 3.77. The Balaban J connectivity index is 1.99. The predicted octanol–water partition coefficient (Wildman–Crippen LogP) is 3.90. The van der Waals surface area contributed by atoms with Crippen molar-refractivity contribution in [1.82, 2.24) is 5.32 Å². The van der Waals surface area contributed by atoms with Crippen molar-refractivity contribution in [2.45, 2.75) is 25.5 Å². The quantitative estimate of drug-likeness (QED) is 0.875. The lowest BCUT2D eigenvalue weighted by molar-refractivity contribution is 0.0543. The molecule has 2 rings (SSSR count). The lowest BCUT2D eigenvalue weighted by Gasteiger charge is -2.26. The number of benzene rings is 2. The molecule has 2 aromatic rings. The molecule has 0 amide bonds. The van der Waals surface area contributed by atoms with Crippen molar-refractivity contribution in [3.05, 3.63) is 70.7 Å². The van der Waals surface area contributed by atoms with Crippen LogP contribution >= 0.6 is 11.6 Å². The molecule has 0 aliphatic carbocycles. The minimum atomic E-state index is -0.887. The summed E-state index contributed by atoms with van der Waals surface area (Å²) in [7, 11) is 0. The zero-order chi connectivity index (χ0) is 14.6. The Morgan fingerprint density at radius 2 is 1.70 bits per heavy atom. The summed E-state index contributed by atoms with van der Waals surface area (Å²) in [6.45, 7) is 4.38. The number of halogens is 1. The summed E-state index contributed by atoms with van der Waals surface area (Å²) in [6, 6.07) is 17.6. The van der Waals surface area contributed by atoms with Gasteiger partial charge in [0.05, 0.1) is 5.60 Å². The van der Waals surface area contributed by atoms with Crippen molar-refractivity contribution in [3.63, 3.8) is 0 Å². The van der Waals surface area contributed by atoms with Crippen LogP contribution in [0.3, 0.4) is 0 Å². The van der Waals surface area contributed by atoms with Crippen molar-refractivity contribution in [2.24, 2.45) is 0 Å². The molecule has 0 aliphatic heterocycles. The Hall–Kier alpha value is -1.35. The van der Waals surface area contributed by atoms with E-state index in [9.17, 15) is 5.11 Å². The Labute approximate surface area is 125 Å². The molecule has 0 fully saturated rings. The summed E-state index contributed by atoms with van der Waals surface area (Å²) >= 11 is 5.89. The Bertz CT molecular complexity index is 537. The Kier molecular flexibility index (Phi) is 4.81. The number of rotatable bonds is 5. The minimum Gasteiger partial charge on any atom is -0.384 e. The van der Waals surface area contributed by atoms with Crippen molar-refractivity contribution in [3.8, 4) is 0 Å². The van der Waals surface area contributed by atoms with Gasteiger partial charge in [-0.15, -0.1) is 0 Å². The maximum absolute atomic E-state index is 10.5. The lowest BCUT2D eigenvalue weighted by Crippen LogP contribution is -2.36. The smallest absolute Gasteiger partial charge is 0.0992 e. The van der Waals surface area contributed by atoms with Gasteiger partial charge in [0.25, 0.3) is 0 Å². The molecule has 0 aromatic heterocycles. The van der Waals surface area contributed by atoms with E-state index in [0.717, 1.165) is 16.1 Å². The van der Waals surface area contributed by atoms with Gasteiger partial charge in [-0.3, -0.25) is 0 Å². The first kappa shape index (κ1) is 15.0. The van der Waals surface area contributed by atoms with Gasteiger partial charge < -0.3 is 10.4 Å². The van der Waals surface area contributed by atoms with Crippen LogP contribution in [0.4, 0.5) is 0 Å². The van der Waals surface area contributed by atoms with Gasteiger partial charge in [0.1, 0.15) is 0 Å². The topological polar surface area (TPSA) is 32.3 Å².